The molecule has 0 atom stereocenters. The Morgan fingerprint density at radius 2 is 2.00 bits per heavy atom. The number of aliphatic hydroxyl groups is 1. The Kier molecular flexibility index (Phi) is 7.43. The normalized spacial score (nSPS) is 17.1. The molecule has 2 aliphatic heterocycles. The van der Waals surface area contributed by atoms with Crippen LogP contribution in [0.3, 0.4) is 0 Å². The molecule has 4 rings (SSSR count). The number of benzene rings is 1. The molecule has 1 amide bonds. The van der Waals surface area contributed by atoms with E-state index in [0.29, 0.717) is 55.5 Å². The Morgan fingerprint density at radius 3 is 2.68 bits per heavy atom. The summed E-state index contributed by atoms with van der Waals surface area (Å²) in [4.78, 5) is 24.9. The number of ether oxygens (including phenoxy) is 1. The number of hydrogen-bond acceptors (Lipinski definition) is 6. The van der Waals surface area contributed by atoms with Crippen molar-refractivity contribution in [2.24, 2.45) is 0 Å². The summed E-state index contributed by atoms with van der Waals surface area (Å²) in [5.41, 5.74) is 2.04. The lowest BCUT2D eigenvalue weighted by molar-refractivity contribution is 0.0541. The molecule has 0 radical (unpaired) electrons. The van der Waals surface area contributed by atoms with Crippen molar-refractivity contribution in [2.75, 3.05) is 19.6 Å². The fourth-order valence-electron chi connectivity index (χ4n) is 3.80. The number of aliphatic hydroxyl groups excluding tert-OH is 1. The van der Waals surface area contributed by atoms with Crippen LogP contribution in [-0.4, -0.2) is 56.5 Å². The number of carbonyl (C=O) groups is 1. The number of halogens is 3. The maximum Gasteiger partial charge on any atom is 0.274 e. The third-order valence-corrected chi connectivity index (χ3v) is 6.17. The smallest absolute Gasteiger partial charge is 0.274 e. The molecular formula is C24H25ClF2N4O3. The first-order chi connectivity index (χ1) is 16.3. The molecule has 1 aromatic carbocycles. The number of allylic oxidation sites excluding steroid dienone is 2. The van der Waals surface area contributed by atoms with Crippen LogP contribution in [-0.2, 0) is 17.9 Å². The van der Waals surface area contributed by atoms with Crippen molar-refractivity contribution in [2.45, 2.75) is 39.0 Å². The summed E-state index contributed by atoms with van der Waals surface area (Å²) in [6, 6.07) is 3.33. The highest BCUT2D eigenvalue weighted by atomic mass is 35.5. The molecule has 34 heavy (non-hydrogen) atoms. The van der Waals surface area contributed by atoms with Gasteiger partial charge in [0.05, 0.1) is 42.3 Å². The van der Waals surface area contributed by atoms with Gasteiger partial charge >= 0.3 is 0 Å². The number of likely N-dealkylation sites (tertiary alicyclic amines) is 1. The summed E-state index contributed by atoms with van der Waals surface area (Å²) >= 11 is 6.41. The number of nitrogens with zero attached hydrogens (tertiary/aromatic N) is 4. The van der Waals surface area contributed by atoms with E-state index in [2.05, 4.69) is 9.97 Å². The molecule has 0 aliphatic carbocycles. The first-order valence-corrected chi connectivity index (χ1v) is 11.3. The lowest BCUT2D eigenvalue weighted by Crippen LogP contribution is -2.40. The summed E-state index contributed by atoms with van der Waals surface area (Å²) in [5, 5.41) is 10.1. The van der Waals surface area contributed by atoms with Crippen molar-refractivity contribution in [3.8, 4) is 0 Å². The first-order valence-electron chi connectivity index (χ1n) is 11.0. The van der Waals surface area contributed by atoms with Crippen molar-refractivity contribution in [1.29, 1.82) is 0 Å². The molecule has 2 aromatic rings. The summed E-state index contributed by atoms with van der Waals surface area (Å²) in [6.07, 6.45) is 5.57. The topological polar surface area (TPSA) is 78.8 Å². The van der Waals surface area contributed by atoms with E-state index < -0.39 is 11.6 Å². The Bertz CT molecular complexity index is 1120. The van der Waals surface area contributed by atoms with Crippen LogP contribution in [0.1, 0.15) is 41.5 Å². The van der Waals surface area contributed by atoms with Gasteiger partial charge < -0.3 is 19.6 Å². The molecule has 0 bridgehead atoms. The zero-order valence-electron chi connectivity index (χ0n) is 18.7. The van der Waals surface area contributed by atoms with Gasteiger partial charge in [-0.15, -0.1) is 0 Å². The lowest BCUT2D eigenvalue weighted by atomic mass is 10.1. The molecular weight excluding hydrogens is 466 g/mol. The fourth-order valence-corrected chi connectivity index (χ4v) is 4.05. The highest BCUT2D eigenvalue weighted by Crippen LogP contribution is 2.26. The van der Waals surface area contributed by atoms with Crippen LogP contribution >= 0.6 is 11.6 Å². The number of rotatable bonds is 6. The molecule has 2 aliphatic rings. The van der Waals surface area contributed by atoms with Crippen LogP contribution in [0.25, 0.3) is 0 Å². The molecule has 3 heterocycles. The van der Waals surface area contributed by atoms with E-state index >= 15 is 0 Å². The number of hydrogen-bond donors (Lipinski definition) is 1. The number of piperidine rings is 1. The van der Waals surface area contributed by atoms with Crippen molar-refractivity contribution < 1.29 is 23.4 Å². The van der Waals surface area contributed by atoms with Crippen molar-refractivity contribution in [1.82, 2.24) is 19.8 Å². The minimum absolute atomic E-state index is 0.0710. The summed E-state index contributed by atoms with van der Waals surface area (Å²) in [7, 11) is 0. The van der Waals surface area contributed by atoms with Gasteiger partial charge in [-0.3, -0.25) is 9.78 Å². The third-order valence-electron chi connectivity index (χ3n) is 5.86. The van der Waals surface area contributed by atoms with Crippen LogP contribution in [0, 0.1) is 11.6 Å². The molecule has 180 valence electrons. The molecule has 1 saturated heterocycles. The van der Waals surface area contributed by atoms with Gasteiger partial charge in [-0.2, -0.15) is 0 Å². The largest absolute Gasteiger partial charge is 0.487 e. The van der Waals surface area contributed by atoms with Gasteiger partial charge in [-0.05, 0) is 31.9 Å². The van der Waals surface area contributed by atoms with Crippen LogP contribution in [0.4, 0.5) is 8.78 Å². The third kappa shape index (κ3) is 5.71. The van der Waals surface area contributed by atoms with Gasteiger partial charge in [-0.25, -0.2) is 13.8 Å². The molecule has 0 spiro atoms. The van der Waals surface area contributed by atoms with Gasteiger partial charge in [0, 0.05) is 36.5 Å². The van der Waals surface area contributed by atoms with E-state index in [1.54, 1.807) is 17.2 Å². The standard InChI is InChI=1S/C24H25ClF2N4O3/c1-15-8-23(34-14-16-2-3-17(26)9-21(16)27)20(25)13-31(15)12-18-10-29-22(11-28-18)24(33)30-6-4-19(32)5-7-30/h2-3,8-11,19,32H,4-7,12-14H2,1H3. The predicted molar refractivity (Wildman–Crippen MR) is 121 cm³/mol. The molecule has 0 saturated carbocycles. The van der Waals surface area contributed by atoms with Crippen LogP contribution in [0.5, 0.6) is 0 Å². The summed E-state index contributed by atoms with van der Waals surface area (Å²) in [5.74, 6) is -1.08. The van der Waals surface area contributed by atoms with Crippen molar-refractivity contribution >= 4 is 17.5 Å². The molecule has 1 fully saturated rings. The van der Waals surface area contributed by atoms with Crippen molar-refractivity contribution in [3.05, 3.63) is 81.7 Å². The quantitative estimate of drug-likeness (QED) is 0.664. The number of carbonyl (C=O) groups excluding carboxylic acids is 1. The average Bonchev–Trinajstić information content (AvgIpc) is 2.82. The molecule has 10 heteroatoms. The van der Waals surface area contributed by atoms with E-state index in [9.17, 15) is 18.7 Å². The van der Waals surface area contributed by atoms with Crippen LogP contribution < -0.4 is 0 Å². The molecule has 1 N–H and O–H groups in total. The van der Waals surface area contributed by atoms with Crippen LogP contribution in [0.2, 0.25) is 0 Å². The zero-order valence-corrected chi connectivity index (χ0v) is 19.4. The monoisotopic (exact) mass is 490 g/mol. The second-order valence-corrected chi connectivity index (χ2v) is 8.81. The molecule has 7 nitrogen and oxygen atoms in total. The lowest BCUT2D eigenvalue weighted by Gasteiger charge is -2.30. The van der Waals surface area contributed by atoms with Gasteiger partial charge in [0.1, 0.15) is 29.7 Å². The highest BCUT2D eigenvalue weighted by molar-refractivity contribution is 6.30. The number of amides is 1. The average molecular weight is 491 g/mol. The maximum atomic E-state index is 13.8. The predicted octanol–water partition coefficient (Wildman–Crippen LogP) is 3.74. The minimum Gasteiger partial charge on any atom is -0.487 e. The Morgan fingerprint density at radius 1 is 1.24 bits per heavy atom. The second kappa shape index (κ2) is 10.5. The van der Waals surface area contributed by atoms with Gasteiger partial charge in [0.2, 0.25) is 0 Å². The van der Waals surface area contributed by atoms with Gasteiger partial charge in [0.25, 0.3) is 5.91 Å². The van der Waals surface area contributed by atoms with Crippen molar-refractivity contribution in [3.63, 3.8) is 0 Å². The summed E-state index contributed by atoms with van der Waals surface area (Å²) < 4.78 is 32.6. The Balaban J connectivity index is 1.34. The zero-order chi connectivity index (χ0) is 24.2. The van der Waals surface area contributed by atoms with E-state index in [1.165, 1.54) is 18.3 Å². The molecule has 0 unspecified atom stereocenters. The van der Waals surface area contributed by atoms with Gasteiger partial charge in [0.15, 0.2) is 0 Å². The first kappa shape index (κ1) is 24.1. The van der Waals surface area contributed by atoms with E-state index in [0.717, 1.165) is 11.8 Å². The van der Waals surface area contributed by atoms with E-state index in [-0.39, 0.29) is 29.9 Å². The van der Waals surface area contributed by atoms with Crippen LogP contribution in [0.15, 0.2) is 53.2 Å². The second-order valence-electron chi connectivity index (χ2n) is 8.35. The minimum atomic E-state index is -0.673. The SMILES string of the molecule is CC1=CC(OCc2ccc(F)cc2F)=C(Cl)CN1Cc1cnc(C(=O)N2CCC(O)CC2)cn1. The highest BCUT2D eigenvalue weighted by Gasteiger charge is 2.24. The molecule has 1 aromatic heterocycles. The van der Waals surface area contributed by atoms with E-state index in [1.807, 2.05) is 11.8 Å². The maximum absolute atomic E-state index is 13.8. The Hall–Kier alpha value is -3.04. The Labute approximate surface area is 201 Å². The summed E-state index contributed by atoms with van der Waals surface area (Å²) in [6.45, 7) is 3.62. The van der Waals surface area contributed by atoms with Gasteiger partial charge in [-0.1, -0.05) is 11.6 Å². The van der Waals surface area contributed by atoms with E-state index in [4.69, 9.17) is 16.3 Å². The number of aromatic nitrogens is 2. The fraction of sp³-hybridized carbons (Fsp3) is 0.375.